The van der Waals surface area contributed by atoms with Crippen LogP contribution in [0.5, 0.6) is 0 Å². The van der Waals surface area contributed by atoms with E-state index in [-0.39, 0.29) is 0 Å². The highest BCUT2D eigenvalue weighted by Crippen LogP contribution is 2.24. The van der Waals surface area contributed by atoms with Crippen LogP contribution in [0.2, 0.25) is 0 Å². The Hall–Kier alpha value is -0.300. The molecule has 2 unspecified atom stereocenters. The Morgan fingerprint density at radius 2 is 1.86 bits per heavy atom. The van der Waals surface area contributed by atoms with Crippen molar-refractivity contribution in [3.63, 3.8) is 0 Å². The van der Waals surface area contributed by atoms with Crippen LogP contribution in [0.1, 0.15) is 13.8 Å². The molecular formula is C6H10O. The van der Waals surface area contributed by atoms with Gasteiger partial charge in [-0.3, -0.25) is 0 Å². The monoisotopic (exact) mass is 98.1 g/mol. The molecule has 0 aromatic rings. The molecule has 0 radical (unpaired) electrons. The molecule has 0 saturated carbocycles. The van der Waals surface area contributed by atoms with E-state index in [1.807, 2.05) is 13.8 Å². The molecule has 1 nitrogen and oxygen atoms in total. The van der Waals surface area contributed by atoms with E-state index >= 15 is 0 Å². The average Bonchev–Trinajstić information content (AvgIpc) is 1.68. The molecule has 0 amide bonds. The highest BCUT2D eigenvalue weighted by Gasteiger charge is 2.25. The van der Waals surface area contributed by atoms with Gasteiger partial charge in [0.2, 0.25) is 0 Å². The molecule has 1 rings (SSSR count). The van der Waals surface area contributed by atoms with Crippen LogP contribution in [0.3, 0.4) is 0 Å². The zero-order valence-electron chi connectivity index (χ0n) is 4.77. The molecule has 1 aliphatic rings. The fourth-order valence-corrected chi connectivity index (χ4v) is 0.739. The second-order valence-corrected chi connectivity index (χ2v) is 2.00. The van der Waals surface area contributed by atoms with E-state index in [1.165, 1.54) is 5.57 Å². The van der Waals surface area contributed by atoms with E-state index in [0.717, 1.165) is 0 Å². The largest absolute Gasteiger partial charge is 0.367 e. The Balaban J connectivity index is 2.44. The molecule has 0 aliphatic carbocycles. The van der Waals surface area contributed by atoms with Crippen molar-refractivity contribution in [2.75, 3.05) is 0 Å². The summed E-state index contributed by atoms with van der Waals surface area (Å²) in [6, 6.07) is 0. The number of ether oxygens (including phenoxy) is 1. The van der Waals surface area contributed by atoms with Crippen LogP contribution in [0, 0.1) is 0 Å². The van der Waals surface area contributed by atoms with Gasteiger partial charge in [-0.25, -0.2) is 0 Å². The van der Waals surface area contributed by atoms with Crippen molar-refractivity contribution in [2.24, 2.45) is 0 Å². The summed E-state index contributed by atoms with van der Waals surface area (Å²) in [7, 11) is 0. The lowest BCUT2D eigenvalue weighted by atomic mass is 10.0. The minimum absolute atomic E-state index is 0.315. The van der Waals surface area contributed by atoms with Gasteiger partial charge < -0.3 is 4.74 Å². The second-order valence-electron chi connectivity index (χ2n) is 2.00. The van der Waals surface area contributed by atoms with E-state index in [0.29, 0.717) is 12.2 Å². The van der Waals surface area contributed by atoms with Crippen LogP contribution in [0.4, 0.5) is 0 Å². The predicted octanol–water partition coefficient (Wildman–Crippen LogP) is 1.35. The zero-order chi connectivity index (χ0) is 5.44. The summed E-state index contributed by atoms with van der Waals surface area (Å²) in [5, 5.41) is 0. The molecule has 1 saturated heterocycles. The lowest BCUT2D eigenvalue weighted by Crippen LogP contribution is -2.35. The molecule has 0 bridgehead atoms. The van der Waals surface area contributed by atoms with E-state index in [2.05, 4.69) is 6.58 Å². The van der Waals surface area contributed by atoms with Crippen LogP contribution in [0.15, 0.2) is 12.2 Å². The van der Waals surface area contributed by atoms with Gasteiger partial charge in [-0.15, -0.1) is 0 Å². The third-order valence-electron chi connectivity index (χ3n) is 1.45. The van der Waals surface area contributed by atoms with Gasteiger partial charge in [0.1, 0.15) is 0 Å². The Morgan fingerprint density at radius 1 is 1.43 bits per heavy atom. The fourth-order valence-electron chi connectivity index (χ4n) is 0.739. The van der Waals surface area contributed by atoms with Gasteiger partial charge >= 0.3 is 0 Å². The molecule has 7 heavy (non-hydrogen) atoms. The smallest absolute Gasteiger partial charge is 0.0787 e. The first-order valence-corrected chi connectivity index (χ1v) is 2.56. The van der Waals surface area contributed by atoms with Crippen LogP contribution < -0.4 is 0 Å². The van der Waals surface area contributed by atoms with E-state index < -0.39 is 0 Å². The number of hydrogen-bond acceptors (Lipinski definition) is 1. The third kappa shape index (κ3) is 0.570. The summed E-state index contributed by atoms with van der Waals surface area (Å²) < 4.78 is 5.15. The van der Waals surface area contributed by atoms with Crippen molar-refractivity contribution in [3.05, 3.63) is 12.2 Å². The molecule has 0 spiro atoms. The first kappa shape index (κ1) is 4.85. The van der Waals surface area contributed by atoms with Crippen LogP contribution >= 0.6 is 0 Å². The second kappa shape index (κ2) is 1.34. The molecule has 0 N–H and O–H groups in total. The van der Waals surface area contributed by atoms with Crippen LogP contribution in [-0.2, 0) is 4.74 Å². The third-order valence-corrected chi connectivity index (χ3v) is 1.45. The zero-order valence-corrected chi connectivity index (χ0v) is 4.77. The average molecular weight is 98.1 g/mol. The fraction of sp³-hybridized carbons (Fsp3) is 0.667. The molecule has 0 aromatic carbocycles. The van der Waals surface area contributed by atoms with Crippen LogP contribution in [-0.4, -0.2) is 12.2 Å². The van der Waals surface area contributed by atoms with E-state index in [1.54, 1.807) is 0 Å². The minimum Gasteiger partial charge on any atom is -0.367 e. The summed E-state index contributed by atoms with van der Waals surface area (Å²) in [6.07, 6.45) is 0.630. The topological polar surface area (TPSA) is 9.23 Å². The van der Waals surface area contributed by atoms with Crippen molar-refractivity contribution in [3.8, 4) is 0 Å². The summed E-state index contributed by atoms with van der Waals surface area (Å²) in [6.45, 7) is 7.83. The molecule has 1 heterocycles. The molecule has 1 fully saturated rings. The summed E-state index contributed by atoms with van der Waals surface area (Å²) >= 11 is 0. The van der Waals surface area contributed by atoms with Gasteiger partial charge in [0, 0.05) is 0 Å². The first-order chi connectivity index (χ1) is 3.22. The van der Waals surface area contributed by atoms with Crippen molar-refractivity contribution < 1.29 is 4.74 Å². The Morgan fingerprint density at radius 3 is 1.86 bits per heavy atom. The van der Waals surface area contributed by atoms with E-state index in [4.69, 9.17) is 4.74 Å². The van der Waals surface area contributed by atoms with Crippen molar-refractivity contribution in [1.82, 2.24) is 0 Å². The highest BCUT2D eigenvalue weighted by molar-refractivity contribution is 5.13. The van der Waals surface area contributed by atoms with Gasteiger partial charge in [-0.1, -0.05) is 6.58 Å². The SMILES string of the molecule is C=C1C(C)OC1C. The van der Waals surface area contributed by atoms with Gasteiger partial charge in [0.15, 0.2) is 0 Å². The first-order valence-electron chi connectivity index (χ1n) is 2.56. The maximum absolute atomic E-state index is 5.15. The normalized spacial score (nSPS) is 40.6. The van der Waals surface area contributed by atoms with Crippen molar-refractivity contribution in [1.29, 1.82) is 0 Å². The highest BCUT2D eigenvalue weighted by atomic mass is 16.5. The number of hydrogen-bond donors (Lipinski definition) is 0. The molecule has 2 atom stereocenters. The predicted molar refractivity (Wildman–Crippen MR) is 29.1 cm³/mol. The Kier molecular flexibility index (Phi) is 0.927. The van der Waals surface area contributed by atoms with Gasteiger partial charge in [-0.2, -0.15) is 0 Å². The number of rotatable bonds is 0. The van der Waals surface area contributed by atoms with Crippen molar-refractivity contribution >= 4 is 0 Å². The summed E-state index contributed by atoms with van der Waals surface area (Å²) in [4.78, 5) is 0. The van der Waals surface area contributed by atoms with Crippen molar-refractivity contribution in [2.45, 2.75) is 26.1 Å². The summed E-state index contributed by atoms with van der Waals surface area (Å²) in [5.74, 6) is 0. The maximum atomic E-state index is 5.15. The Labute approximate surface area is 44.0 Å². The quantitative estimate of drug-likeness (QED) is 0.415. The van der Waals surface area contributed by atoms with Crippen LogP contribution in [0.25, 0.3) is 0 Å². The van der Waals surface area contributed by atoms with Gasteiger partial charge in [0.25, 0.3) is 0 Å². The molecule has 40 valence electrons. The molecule has 1 aliphatic heterocycles. The van der Waals surface area contributed by atoms with E-state index in [9.17, 15) is 0 Å². The lowest BCUT2D eigenvalue weighted by molar-refractivity contribution is -0.0342. The standard InChI is InChI=1S/C6H10O/c1-4-5(2)7-6(4)3/h5-6H,1H2,2-3H3. The van der Waals surface area contributed by atoms with Gasteiger partial charge in [0.05, 0.1) is 12.2 Å². The molecular weight excluding hydrogens is 88.1 g/mol. The maximum Gasteiger partial charge on any atom is 0.0787 e. The minimum atomic E-state index is 0.315. The summed E-state index contributed by atoms with van der Waals surface area (Å²) in [5.41, 5.74) is 1.22. The Bertz CT molecular complexity index is 86.4. The molecule has 0 aromatic heterocycles. The lowest BCUT2D eigenvalue weighted by Gasteiger charge is -2.33. The molecule has 1 heteroatoms. The van der Waals surface area contributed by atoms with Gasteiger partial charge in [-0.05, 0) is 19.4 Å².